The molecule has 1 aliphatic rings. The van der Waals surface area contributed by atoms with Crippen molar-refractivity contribution >= 4 is 8.56 Å². The zero-order chi connectivity index (χ0) is 9.24. The average Bonchev–Trinajstić information content (AvgIpc) is 1.98. The van der Waals surface area contributed by atoms with Crippen LogP contribution in [0.3, 0.4) is 0 Å². The number of hydrogen-bond acceptors (Lipinski definition) is 2. The van der Waals surface area contributed by atoms with Crippen molar-refractivity contribution in [1.82, 2.24) is 0 Å². The molecule has 3 heteroatoms. The third-order valence-corrected chi connectivity index (χ3v) is 4.59. The highest BCUT2D eigenvalue weighted by molar-refractivity contribution is 6.66. The van der Waals surface area contributed by atoms with Crippen molar-refractivity contribution in [1.29, 1.82) is 0 Å². The number of allylic oxidation sites excluding steroid dienone is 1. The standard InChI is InChI=1S/C9H18O2Si/c1-5-6-12(4)10-7-9(2,3)8-11-12/h5H,1,6-8H2,2-4H3. The van der Waals surface area contributed by atoms with E-state index >= 15 is 0 Å². The molecule has 1 heterocycles. The first-order valence-electron chi connectivity index (χ1n) is 4.36. The molecule has 0 N–H and O–H groups in total. The van der Waals surface area contributed by atoms with Crippen LogP contribution in [0, 0.1) is 5.41 Å². The Balaban J connectivity index is 2.49. The highest BCUT2D eigenvalue weighted by Gasteiger charge is 2.38. The van der Waals surface area contributed by atoms with Crippen LogP contribution in [-0.2, 0) is 8.85 Å². The topological polar surface area (TPSA) is 18.5 Å². The van der Waals surface area contributed by atoms with Gasteiger partial charge >= 0.3 is 8.56 Å². The van der Waals surface area contributed by atoms with Gasteiger partial charge in [-0.2, -0.15) is 0 Å². The SMILES string of the molecule is C=CC[Si]1(C)OCC(C)(C)CO1. The molecular weight excluding hydrogens is 168 g/mol. The van der Waals surface area contributed by atoms with E-state index in [1.807, 2.05) is 6.08 Å². The van der Waals surface area contributed by atoms with Gasteiger partial charge in [0.15, 0.2) is 0 Å². The largest absolute Gasteiger partial charge is 0.394 e. The van der Waals surface area contributed by atoms with Crippen molar-refractivity contribution in [2.45, 2.75) is 26.4 Å². The number of rotatable bonds is 2. The van der Waals surface area contributed by atoms with Crippen LogP contribution < -0.4 is 0 Å². The Morgan fingerprint density at radius 1 is 1.42 bits per heavy atom. The summed E-state index contributed by atoms with van der Waals surface area (Å²) in [4.78, 5) is 0. The van der Waals surface area contributed by atoms with Crippen LogP contribution in [-0.4, -0.2) is 21.8 Å². The second-order valence-corrected chi connectivity index (χ2v) is 7.62. The van der Waals surface area contributed by atoms with Crippen LogP contribution in [0.1, 0.15) is 13.8 Å². The number of hydrogen-bond donors (Lipinski definition) is 0. The third kappa shape index (κ3) is 2.44. The average molecular weight is 186 g/mol. The van der Waals surface area contributed by atoms with Crippen molar-refractivity contribution in [3.8, 4) is 0 Å². The first-order chi connectivity index (χ1) is 5.47. The second-order valence-electron chi connectivity index (χ2n) is 4.37. The maximum Gasteiger partial charge on any atom is 0.338 e. The molecule has 1 fully saturated rings. The molecule has 1 aliphatic heterocycles. The molecule has 12 heavy (non-hydrogen) atoms. The molecule has 0 atom stereocenters. The molecule has 0 amide bonds. The third-order valence-electron chi connectivity index (χ3n) is 2.05. The lowest BCUT2D eigenvalue weighted by atomic mass is 9.97. The van der Waals surface area contributed by atoms with Gasteiger partial charge in [-0.05, 0) is 6.55 Å². The summed E-state index contributed by atoms with van der Waals surface area (Å²) in [6.45, 7) is 11.8. The molecule has 0 spiro atoms. The van der Waals surface area contributed by atoms with Gasteiger partial charge in [-0.25, -0.2) is 0 Å². The fourth-order valence-corrected chi connectivity index (χ4v) is 3.39. The summed E-state index contributed by atoms with van der Waals surface area (Å²) in [6.07, 6.45) is 1.89. The lowest BCUT2D eigenvalue weighted by Crippen LogP contribution is -2.49. The second kappa shape index (κ2) is 3.32. The summed E-state index contributed by atoms with van der Waals surface area (Å²) in [7, 11) is -1.84. The molecule has 2 nitrogen and oxygen atoms in total. The summed E-state index contributed by atoms with van der Waals surface area (Å²) in [6, 6.07) is 0.892. The predicted octanol–water partition coefficient (Wildman–Crippen LogP) is 2.32. The van der Waals surface area contributed by atoms with Gasteiger partial charge in [0.2, 0.25) is 0 Å². The minimum Gasteiger partial charge on any atom is -0.394 e. The first-order valence-corrected chi connectivity index (χ1v) is 6.89. The van der Waals surface area contributed by atoms with Gasteiger partial charge in [-0.1, -0.05) is 19.9 Å². The van der Waals surface area contributed by atoms with Crippen LogP contribution in [0.5, 0.6) is 0 Å². The van der Waals surface area contributed by atoms with Crippen LogP contribution in [0.15, 0.2) is 12.7 Å². The highest BCUT2D eigenvalue weighted by atomic mass is 28.4. The zero-order valence-electron chi connectivity index (χ0n) is 8.22. The molecule has 0 aromatic heterocycles. The smallest absolute Gasteiger partial charge is 0.338 e. The van der Waals surface area contributed by atoms with E-state index in [0.717, 1.165) is 19.3 Å². The van der Waals surface area contributed by atoms with Crippen molar-refractivity contribution in [3.05, 3.63) is 12.7 Å². The van der Waals surface area contributed by atoms with Gasteiger partial charge in [-0.3, -0.25) is 0 Å². The lowest BCUT2D eigenvalue weighted by molar-refractivity contribution is 0.0153. The monoisotopic (exact) mass is 186 g/mol. The molecular formula is C9H18O2Si. The molecule has 0 aromatic carbocycles. The van der Waals surface area contributed by atoms with Crippen LogP contribution in [0.4, 0.5) is 0 Å². The summed E-state index contributed by atoms with van der Waals surface area (Å²) >= 11 is 0. The molecule has 70 valence electrons. The van der Waals surface area contributed by atoms with E-state index in [1.54, 1.807) is 0 Å². The van der Waals surface area contributed by atoms with Crippen LogP contribution in [0.25, 0.3) is 0 Å². The Hall–Kier alpha value is -0.123. The normalized spacial score (nSPS) is 26.6. The Morgan fingerprint density at radius 2 is 1.92 bits per heavy atom. The molecule has 0 unspecified atom stereocenters. The maximum atomic E-state index is 5.77. The zero-order valence-corrected chi connectivity index (χ0v) is 9.22. The van der Waals surface area contributed by atoms with E-state index in [0.29, 0.717) is 0 Å². The van der Waals surface area contributed by atoms with Gasteiger partial charge in [-0.15, -0.1) is 6.58 Å². The van der Waals surface area contributed by atoms with E-state index in [-0.39, 0.29) is 5.41 Å². The summed E-state index contributed by atoms with van der Waals surface area (Å²) < 4.78 is 11.5. The minimum atomic E-state index is -1.84. The fourth-order valence-electron chi connectivity index (χ4n) is 1.16. The quantitative estimate of drug-likeness (QED) is 0.487. The molecule has 0 radical (unpaired) electrons. The van der Waals surface area contributed by atoms with Gasteiger partial charge in [0, 0.05) is 24.7 Å². The first kappa shape index (κ1) is 9.96. The van der Waals surface area contributed by atoms with Crippen LogP contribution >= 0.6 is 0 Å². The van der Waals surface area contributed by atoms with Gasteiger partial charge in [0.25, 0.3) is 0 Å². The van der Waals surface area contributed by atoms with Crippen molar-refractivity contribution in [2.24, 2.45) is 5.41 Å². The maximum absolute atomic E-state index is 5.77. The Kier molecular flexibility index (Phi) is 2.76. The van der Waals surface area contributed by atoms with Crippen molar-refractivity contribution < 1.29 is 8.85 Å². The van der Waals surface area contributed by atoms with Gasteiger partial charge in [0.1, 0.15) is 0 Å². The summed E-state index contributed by atoms with van der Waals surface area (Å²) in [5, 5.41) is 0. The van der Waals surface area contributed by atoms with Gasteiger partial charge in [0.05, 0.1) is 0 Å². The summed E-state index contributed by atoms with van der Waals surface area (Å²) in [5.41, 5.74) is 0.188. The van der Waals surface area contributed by atoms with E-state index in [2.05, 4.69) is 27.0 Å². The fraction of sp³-hybridized carbons (Fsp3) is 0.778. The van der Waals surface area contributed by atoms with Crippen LogP contribution in [0.2, 0.25) is 12.6 Å². The Bertz CT molecular complexity index is 167. The highest BCUT2D eigenvalue weighted by Crippen LogP contribution is 2.28. The van der Waals surface area contributed by atoms with E-state index < -0.39 is 8.56 Å². The molecule has 1 saturated heterocycles. The lowest BCUT2D eigenvalue weighted by Gasteiger charge is -2.39. The Labute approximate surface area is 75.8 Å². The van der Waals surface area contributed by atoms with Crippen molar-refractivity contribution in [3.63, 3.8) is 0 Å². The molecule has 0 aliphatic carbocycles. The van der Waals surface area contributed by atoms with E-state index in [4.69, 9.17) is 8.85 Å². The predicted molar refractivity (Wildman–Crippen MR) is 52.3 cm³/mol. The minimum absolute atomic E-state index is 0.188. The molecule has 0 aromatic rings. The Morgan fingerprint density at radius 3 is 2.33 bits per heavy atom. The summed E-state index contributed by atoms with van der Waals surface area (Å²) in [5.74, 6) is 0. The van der Waals surface area contributed by atoms with Crippen molar-refractivity contribution in [2.75, 3.05) is 13.2 Å². The molecule has 0 bridgehead atoms. The van der Waals surface area contributed by atoms with Gasteiger partial charge < -0.3 is 8.85 Å². The molecule has 0 saturated carbocycles. The van der Waals surface area contributed by atoms with E-state index in [1.165, 1.54) is 0 Å². The van der Waals surface area contributed by atoms with E-state index in [9.17, 15) is 0 Å². The molecule has 1 rings (SSSR count).